The second-order valence-corrected chi connectivity index (χ2v) is 6.55. The molecule has 0 radical (unpaired) electrons. The van der Waals surface area contributed by atoms with Gasteiger partial charge in [-0.15, -0.1) is 0 Å². The Morgan fingerprint density at radius 2 is 1.81 bits per heavy atom. The summed E-state index contributed by atoms with van der Waals surface area (Å²) in [6.07, 6.45) is 0. The molecule has 0 aliphatic heterocycles. The number of nitrogens with one attached hydrogen (secondary N) is 1. The van der Waals surface area contributed by atoms with E-state index >= 15 is 0 Å². The molecule has 134 valence electrons. The molecule has 0 atom stereocenters. The lowest BCUT2D eigenvalue weighted by Gasteiger charge is -2.12. The molecular formula is C18H14BrClN2O4. The predicted octanol–water partition coefficient (Wildman–Crippen LogP) is 5.03. The molecule has 0 aliphatic carbocycles. The number of benzene rings is 2. The minimum Gasteiger partial charge on any atom is -0.495 e. The summed E-state index contributed by atoms with van der Waals surface area (Å²) in [5.41, 5.74) is 1.36. The number of rotatable bonds is 5. The monoisotopic (exact) mass is 436 g/mol. The van der Waals surface area contributed by atoms with E-state index in [0.717, 1.165) is 10.0 Å². The number of anilines is 1. The summed E-state index contributed by atoms with van der Waals surface area (Å²) in [5.74, 6) is 0.863. The molecule has 0 fully saturated rings. The van der Waals surface area contributed by atoms with Crippen molar-refractivity contribution in [1.82, 2.24) is 5.16 Å². The topological polar surface area (TPSA) is 73.6 Å². The smallest absolute Gasteiger partial charge is 0.277 e. The number of hydrogen-bond acceptors (Lipinski definition) is 5. The van der Waals surface area contributed by atoms with Crippen molar-refractivity contribution < 1.29 is 18.8 Å². The second-order valence-electron chi connectivity index (χ2n) is 5.22. The first-order valence-corrected chi connectivity index (χ1v) is 8.64. The van der Waals surface area contributed by atoms with E-state index in [1.807, 2.05) is 24.3 Å². The van der Waals surface area contributed by atoms with Crippen LogP contribution in [0, 0.1) is 0 Å². The number of carbonyl (C=O) groups excluding carboxylic acids is 1. The highest BCUT2D eigenvalue weighted by molar-refractivity contribution is 9.10. The molecule has 3 rings (SSSR count). The maximum absolute atomic E-state index is 12.5. The van der Waals surface area contributed by atoms with Gasteiger partial charge in [0.1, 0.15) is 11.5 Å². The normalized spacial score (nSPS) is 10.5. The zero-order chi connectivity index (χ0) is 18.7. The van der Waals surface area contributed by atoms with Crippen LogP contribution in [0.4, 0.5) is 5.69 Å². The number of amides is 1. The molecule has 0 saturated carbocycles. The Kier molecular flexibility index (Phi) is 5.49. The summed E-state index contributed by atoms with van der Waals surface area (Å²) in [6, 6.07) is 12.2. The van der Waals surface area contributed by atoms with Crippen molar-refractivity contribution in [2.75, 3.05) is 19.5 Å². The number of methoxy groups -OCH3 is 2. The Hall–Kier alpha value is -2.51. The van der Waals surface area contributed by atoms with Crippen LogP contribution in [-0.2, 0) is 0 Å². The molecule has 0 unspecified atom stereocenters. The molecule has 26 heavy (non-hydrogen) atoms. The van der Waals surface area contributed by atoms with Crippen molar-refractivity contribution in [3.05, 3.63) is 57.7 Å². The van der Waals surface area contributed by atoms with Gasteiger partial charge in [0, 0.05) is 28.2 Å². The third-order valence-electron chi connectivity index (χ3n) is 3.59. The Balaban J connectivity index is 1.84. The highest BCUT2D eigenvalue weighted by Gasteiger charge is 2.17. The molecule has 1 aromatic heterocycles. The zero-order valence-electron chi connectivity index (χ0n) is 13.9. The van der Waals surface area contributed by atoms with Gasteiger partial charge in [-0.1, -0.05) is 44.8 Å². The fourth-order valence-corrected chi connectivity index (χ4v) is 2.77. The highest BCUT2D eigenvalue weighted by Crippen LogP contribution is 2.36. The molecule has 1 amide bonds. The van der Waals surface area contributed by atoms with Gasteiger partial charge < -0.3 is 19.3 Å². The fourth-order valence-electron chi connectivity index (χ4n) is 2.28. The Labute approximate surface area is 163 Å². The van der Waals surface area contributed by atoms with Gasteiger partial charge in [-0.05, 0) is 12.1 Å². The molecule has 0 aliphatic rings. The number of aromatic nitrogens is 1. The largest absolute Gasteiger partial charge is 0.495 e. The van der Waals surface area contributed by atoms with E-state index < -0.39 is 5.91 Å². The summed E-state index contributed by atoms with van der Waals surface area (Å²) in [6.45, 7) is 0. The molecule has 1 heterocycles. The molecule has 6 nitrogen and oxygen atoms in total. The van der Waals surface area contributed by atoms with Crippen molar-refractivity contribution in [2.24, 2.45) is 0 Å². The first-order chi connectivity index (χ1) is 12.5. The lowest BCUT2D eigenvalue weighted by Crippen LogP contribution is -2.13. The molecule has 0 saturated heterocycles. The van der Waals surface area contributed by atoms with Crippen LogP contribution in [0.1, 0.15) is 10.5 Å². The quantitative estimate of drug-likeness (QED) is 0.606. The highest BCUT2D eigenvalue weighted by atomic mass is 79.9. The van der Waals surface area contributed by atoms with Crippen LogP contribution in [0.15, 0.2) is 51.5 Å². The van der Waals surface area contributed by atoms with E-state index in [0.29, 0.717) is 28.0 Å². The zero-order valence-corrected chi connectivity index (χ0v) is 16.2. The van der Waals surface area contributed by atoms with Crippen LogP contribution in [0.5, 0.6) is 11.5 Å². The van der Waals surface area contributed by atoms with Crippen molar-refractivity contribution in [2.45, 2.75) is 0 Å². The number of ether oxygens (including phenoxy) is 2. The molecular weight excluding hydrogens is 424 g/mol. The van der Waals surface area contributed by atoms with Crippen LogP contribution < -0.4 is 14.8 Å². The lowest BCUT2D eigenvalue weighted by molar-refractivity contribution is 0.101. The average molecular weight is 438 g/mol. The van der Waals surface area contributed by atoms with E-state index in [-0.39, 0.29) is 5.69 Å². The van der Waals surface area contributed by atoms with Gasteiger partial charge in [0.15, 0.2) is 11.5 Å². The van der Waals surface area contributed by atoms with E-state index in [1.165, 1.54) is 14.2 Å². The van der Waals surface area contributed by atoms with Gasteiger partial charge in [-0.2, -0.15) is 0 Å². The molecule has 2 aromatic carbocycles. The van der Waals surface area contributed by atoms with E-state index in [4.69, 9.17) is 25.6 Å². The van der Waals surface area contributed by atoms with Gasteiger partial charge in [-0.3, -0.25) is 4.79 Å². The standard InChI is InChI=1S/C18H14BrClN2O4/c1-24-16-8-13(17(25-2)7-12(16)20)21-18(23)14-9-15(26-22-14)10-3-5-11(19)6-4-10/h3-9H,1-2H3,(H,21,23). The summed E-state index contributed by atoms with van der Waals surface area (Å²) in [7, 11) is 2.97. The lowest BCUT2D eigenvalue weighted by atomic mass is 10.1. The van der Waals surface area contributed by atoms with Crippen LogP contribution in [0.25, 0.3) is 11.3 Å². The Morgan fingerprint density at radius 1 is 1.12 bits per heavy atom. The van der Waals surface area contributed by atoms with Crippen molar-refractivity contribution in [3.63, 3.8) is 0 Å². The van der Waals surface area contributed by atoms with E-state index in [1.54, 1.807) is 18.2 Å². The molecule has 1 N–H and O–H groups in total. The van der Waals surface area contributed by atoms with Crippen LogP contribution in [-0.4, -0.2) is 25.3 Å². The molecule has 8 heteroatoms. The SMILES string of the molecule is COc1cc(NC(=O)c2cc(-c3ccc(Br)cc3)on2)c(OC)cc1Cl. The van der Waals surface area contributed by atoms with Crippen molar-refractivity contribution in [1.29, 1.82) is 0 Å². The van der Waals surface area contributed by atoms with Gasteiger partial charge in [0.2, 0.25) is 0 Å². The summed E-state index contributed by atoms with van der Waals surface area (Å²) < 4.78 is 16.6. The van der Waals surface area contributed by atoms with Gasteiger partial charge >= 0.3 is 0 Å². The van der Waals surface area contributed by atoms with Gasteiger partial charge in [0.05, 0.1) is 24.9 Å². The Bertz CT molecular complexity index is 941. The number of halogens is 2. The summed E-state index contributed by atoms with van der Waals surface area (Å²) >= 11 is 9.44. The van der Waals surface area contributed by atoms with Crippen molar-refractivity contribution >= 4 is 39.1 Å². The van der Waals surface area contributed by atoms with Gasteiger partial charge in [-0.25, -0.2) is 0 Å². The average Bonchev–Trinajstić information content (AvgIpc) is 3.13. The Morgan fingerprint density at radius 3 is 2.46 bits per heavy atom. The first-order valence-electron chi connectivity index (χ1n) is 7.47. The maximum Gasteiger partial charge on any atom is 0.277 e. The number of nitrogens with zero attached hydrogens (tertiary/aromatic N) is 1. The third kappa shape index (κ3) is 3.84. The maximum atomic E-state index is 12.5. The van der Waals surface area contributed by atoms with E-state index in [2.05, 4.69) is 26.4 Å². The van der Waals surface area contributed by atoms with Crippen LogP contribution in [0.3, 0.4) is 0 Å². The molecule has 3 aromatic rings. The summed E-state index contributed by atoms with van der Waals surface area (Å²) in [5, 5.41) is 6.93. The van der Waals surface area contributed by atoms with Gasteiger partial charge in [0.25, 0.3) is 5.91 Å². The second kappa shape index (κ2) is 7.80. The summed E-state index contributed by atoms with van der Waals surface area (Å²) in [4.78, 5) is 12.5. The van der Waals surface area contributed by atoms with Crippen LogP contribution >= 0.6 is 27.5 Å². The fraction of sp³-hybridized carbons (Fsp3) is 0.111. The minimum atomic E-state index is -0.445. The third-order valence-corrected chi connectivity index (χ3v) is 4.42. The first kappa shape index (κ1) is 18.3. The molecule has 0 spiro atoms. The van der Waals surface area contributed by atoms with E-state index in [9.17, 15) is 4.79 Å². The van der Waals surface area contributed by atoms with Crippen molar-refractivity contribution in [3.8, 4) is 22.8 Å². The minimum absolute atomic E-state index is 0.138. The van der Waals surface area contributed by atoms with Crippen LogP contribution in [0.2, 0.25) is 5.02 Å². The number of carbonyl (C=O) groups is 1. The molecule has 0 bridgehead atoms. The number of hydrogen-bond donors (Lipinski definition) is 1. The predicted molar refractivity (Wildman–Crippen MR) is 102 cm³/mol.